The number of benzene rings is 3. The first-order chi connectivity index (χ1) is 22.6. The third kappa shape index (κ3) is 9.30. The van der Waals surface area contributed by atoms with Crippen molar-refractivity contribution < 1.29 is 38.4 Å². The molecule has 4 N–H and O–H groups in total. The molecule has 4 rings (SSSR count). The van der Waals surface area contributed by atoms with Crippen molar-refractivity contribution >= 4 is 29.8 Å². The number of urea groups is 1. The summed E-state index contributed by atoms with van der Waals surface area (Å²) in [6.07, 6.45) is 0.309. The number of methoxy groups -OCH3 is 1. The van der Waals surface area contributed by atoms with Gasteiger partial charge in [-0.2, -0.15) is 5.10 Å². The number of hydrogen-bond donors (Lipinski definition) is 4. The van der Waals surface area contributed by atoms with Crippen LogP contribution in [0.4, 0.5) is 4.79 Å². The average molecular weight is 667 g/mol. The zero-order valence-electron chi connectivity index (χ0n) is 26.9. The van der Waals surface area contributed by atoms with E-state index >= 15 is 0 Å². The van der Waals surface area contributed by atoms with Gasteiger partial charge in [0, 0.05) is 5.70 Å². The molecule has 0 saturated heterocycles. The summed E-state index contributed by atoms with van der Waals surface area (Å²) in [5.74, 6) is 1.03. The number of nitrogens with zero attached hydrogens (tertiary/aromatic N) is 1. The zero-order chi connectivity index (χ0) is 33.9. The van der Waals surface area contributed by atoms with Crippen molar-refractivity contribution in [1.82, 2.24) is 16.1 Å². The van der Waals surface area contributed by atoms with Gasteiger partial charge in [0.1, 0.15) is 13.2 Å². The molecule has 12 nitrogen and oxygen atoms in total. The van der Waals surface area contributed by atoms with Crippen molar-refractivity contribution in [3.05, 3.63) is 93.1 Å². The van der Waals surface area contributed by atoms with E-state index in [-0.39, 0.29) is 12.2 Å². The molecule has 1 aliphatic rings. The maximum Gasteiger partial charge on any atom is 0.337 e. The minimum absolute atomic E-state index is 0.177. The second-order valence-electron chi connectivity index (χ2n) is 10.5. The highest BCUT2D eigenvalue weighted by atomic mass is 35.5. The molecule has 0 unspecified atom stereocenters. The fourth-order valence-electron chi connectivity index (χ4n) is 4.73. The maximum absolute atomic E-state index is 12.5. The van der Waals surface area contributed by atoms with Crippen LogP contribution in [0.2, 0.25) is 5.02 Å². The smallest absolute Gasteiger partial charge is 0.337 e. The molecule has 0 spiro atoms. The van der Waals surface area contributed by atoms with E-state index in [1.165, 1.54) is 13.3 Å². The van der Waals surface area contributed by atoms with Crippen molar-refractivity contribution in [2.45, 2.75) is 46.6 Å². The van der Waals surface area contributed by atoms with Gasteiger partial charge < -0.3 is 39.4 Å². The van der Waals surface area contributed by atoms with Crippen LogP contribution in [-0.4, -0.2) is 56.5 Å². The lowest BCUT2D eigenvalue weighted by atomic mass is 9.95. The quantitative estimate of drug-likeness (QED) is 0.0748. The Balaban J connectivity index is 1.40. The van der Waals surface area contributed by atoms with Gasteiger partial charge in [-0.05, 0) is 68.7 Å². The SMILES string of the molecule is CCOc1cc([C@H]2NC(=O)NC(C)=C2C(=O)OC)ccc1OC[C@H](O)N/N=C\c1cc(Cl)c(OCc2ccc(C)cc2)c(OCC)c1. The number of carbonyl (C=O) groups excluding carboxylic acids is 2. The van der Waals surface area contributed by atoms with E-state index in [1.54, 1.807) is 37.3 Å². The Hall–Kier alpha value is -4.94. The van der Waals surface area contributed by atoms with Crippen molar-refractivity contribution in [1.29, 1.82) is 0 Å². The molecular weight excluding hydrogens is 628 g/mol. The largest absolute Gasteiger partial charge is 0.490 e. The van der Waals surface area contributed by atoms with Gasteiger partial charge in [0.2, 0.25) is 0 Å². The van der Waals surface area contributed by atoms with Gasteiger partial charge in [0.05, 0.1) is 43.2 Å². The minimum atomic E-state index is -1.18. The number of aliphatic hydroxyl groups is 1. The Kier molecular flexibility index (Phi) is 12.3. The normalized spacial score (nSPS) is 15.0. The maximum atomic E-state index is 12.5. The lowest BCUT2D eigenvalue weighted by Crippen LogP contribution is -2.45. The molecule has 3 aromatic carbocycles. The van der Waals surface area contributed by atoms with E-state index in [0.717, 1.165) is 11.1 Å². The number of hydrazone groups is 1. The first-order valence-corrected chi connectivity index (χ1v) is 15.4. The molecule has 0 bridgehead atoms. The summed E-state index contributed by atoms with van der Waals surface area (Å²) in [5.41, 5.74) is 6.63. The molecule has 0 saturated carbocycles. The summed E-state index contributed by atoms with van der Waals surface area (Å²) in [5, 5.41) is 20.3. The van der Waals surface area contributed by atoms with E-state index in [2.05, 4.69) is 21.2 Å². The van der Waals surface area contributed by atoms with Crippen molar-refractivity contribution in [2.24, 2.45) is 5.10 Å². The van der Waals surface area contributed by atoms with Crippen LogP contribution in [0.3, 0.4) is 0 Å². The van der Waals surface area contributed by atoms with Gasteiger partial charge in [0.25, 0.3) is 0 Å². The summed E-state index contributed by atoms with van der Waals surface area (Å²) in [7, 11) is 1.27. The summed E-state index contributed by atoms with van der Waals surface area (Å²) in [6.45, 7) is 8.21. The second-order valence-corrected chi connectivity index (χ2v) is 10.9. The number of carbonyl (C=O) groups is 2. The Morgan fingerprint density at radius 2 is 1.72 bits per heavy atom. The third-order valence-electron chi connectivity index (χ3n) is 6.94. The number of allylic oxidation sites excluding steroid dienone is 1. The number of ether oxygens (including phenoxy) is 5. The lowest BCUT2D eigenvalue weighted by Gasteiger charge is -2.28. The third-order valence-corrected chi connectivity index (χ3v) is 7.23. The van der Waals surface area contributed by atoms with Crippen LogP contribution in [0.25, 0.3) is 0 Å². The topological polar surface area (TPSA) is 149 Å². The molecule has 13 heteroatoms. The molecule has 3 aromatic rings. The number of halogens is 1. The standard InChI is InChI=1S/C34H39ClN4O8/c1-6-44-27-16-24(31-30(33(41)43-5)21(4)37-34(42)38-31)12-13-26(27)46-19-29(40)39-36-17-23-14-25(35)32(28(15-23)45-7-2)47-18-22-10-8-20(3)9-11-22/h8-17,29,31,39-40H,6-7,18-19H2,1-5H3,(H2,37,38,42)/b36-17-/t29-,31+/m0/s1. The number of rotatable bonds is 15. The number of esters is 1. The predicted octanol–water partition coefficient (Wildman–Crippen LogP) is 5.15. The number of aliphatic hydroxyl groups excluding tert-OH is 1. The molecule has 47 heavy (non-hydrogen) atoms. The zero-order valence-corrected chi connectivity index (χ0v) is 27.6. The molecule has 0 radical (unpaired) electrons. The minimum Gasteiger partial charge on any atom is -0.490 e. The molecule has 1 heterocycles. The first-order valence-electron chi connectivity index (χ1n) is 15.0. The molecule has 0 fully saturated rings. The van der Waals surface area contributed by atoms with Crippen molar-refractivity contribution in [3.8, 4) is 23.0 Å². The fraction of sp³-hybridized carbons (Fsp3) is 0.324. The molecule has 250 valence electrons. The van der Waals surface area contributed by atoms with Crippen LogP contribution in [0.15, 0.2) is 71.0 Å². The van der Waals surface area contributed by atoms with Crippen molar-refractivity contribution in [2.75, 3.05) is 26.9 Å². The van der Waals surface area contributed by atoms with E-state index in [9.17, 15) is 14.7 Å². The van der Waals surface area contributed by atoms with Gasteiger partial charge in [-0.15, -0.1) is 0 Å². The van der Waals surface area contributed by atoms with Gasteiger partial charge >= 0.3 is 12.0 Å². The van der Waals surface area contributed by atoms with Gasteiger partial charge in [-0.1, -0.05) is 47.5 Å². The van der Waals surface area contributed by atoms with Crippen LogP contribution in [0, 0.1) is 6.92 Å². The van der Waals surface area contributed by atoms with Crippen LogP contribution in [0.1, 0.15) is 49.1 Å². The number of hydrogen-bond acceptors (Lipinski definition) is 10. The van der Waals surface area contributed by atoms with Crippen LogP contribution in [-0.2, 0) is 16.1 Å². The van der Waals surface area contributed by atoms with Gasteiger partial charge in [-0.3, -0.25) is 5.43 Å². The fourth-order valence-corrected chi connectivity index (χ4v) is 5.00. The number of aryl methyl sites for hydroxylation is 1. The number of nitrogens with one attached hydrogen (secondary N) is 3. The number of amides is 2. The summed E-state index contributed by atoms with van der Waals surface area (Å²) >= 11 is 6.55. The molecule has 0 aliphatic carbocycles. The molecule has 2 amide bonds. The lowest BCUT2D eigenvalue weighted by molar-refractivity contribution is -0.136. The Bertz CT molecular complexity index is 1630. The Morgan fingerprint density at radius 3 is 2.43 bits per heavy atom. The van der Waals surface area contributed by atoms with Crippen LogP contribution in [0.5, 0.6) is 23.0 Å². The van der Waals surface area contributed by atoms with E-state index in [4.69, 9.17) is 35.3 Å². The highest BCUT2D eigenvalue weighted by Gasteiger charge is 2.32. The summed E-state index contributed by atoms with van der Waals surface area (Å²) in [6, 6.07) is 15.2. The van der Waals surface area contributed by atoms with E-state index in [1.807, 2.05) is 45.0 Å². The van der Waals surface area contributed by atoms with Crippen molar-refractivity contribution in [3.63, 3.8) is 0 Å². The Labute approximate surface area is 278 Å². The Morgan fingerprint density at radius 1 is 1.00 bits per heavy atom. The average Bonchev–Trinajstić information content (AvgIpc) is 3.04. The van der Waals surface area contributed by atoms with E-state index in [0.29, 0.717) is 64.7 Å². The van der Waals surface area contributed by atoms with Gasteiger partial charge in [0.15, 0.2) is 29.2 Å². The van der Waals surface area contributed by atoms with Crippen LogP contribution < -0.4 is 35.0 Å². The summed E-state index contributed by atoms with van der Waals surface area (Å²) in [4.78, 5) is 24.6. The van der Waals surface area contributed by atoms with E-state index < -0.39 is 24.3 Å². The second kappa shape index (κ2) is 16.6. The summed E-state index contributed by atoms with van der Waals surface area (Å²) < 4.78 is 28.3. The molecule has 2 atom stereocenters. The molecule has 1 aliphatic heterocycles. The van der Waals surface area contributed by atoms with Gasteiger partial charge in [-0.25, -0.2) is 9.59 Å². The molecule has 0 aromatic heterocycles. The molecular formula is C34H39ClN4O8. The first kappa shape index (κ1) is 34.9. The highest BCUT2D eigenvalue weighted by Crippen LogP contribution is 2.37. The monoisotopic (exact) mass is 666 g/mol. The predicted molar refractivity (Wildman–Crippen MR) is 177 cm³/mol. The highest BCUT2D eigenvalue weighted by molar-refractivity contribution is 6.32. The van der Waals surface area contributed by atoms with Crippen LogP contribution >= 0.6 is 11.6 Å².